The van der Waals surface area contributed by atoms with Gasteiger partial charge in [0.2, 0.25) is 0 Å². The average molecular weight is 355 g/mol. The van der Waals surface area contributed by atoms with Crippen molar-refractivity contribution < 1.29 is 9.47 Å². The van der Waals surface area contributed by atoms with E-state index in [1.54, 1.807) is 7.11 Å². The van der Waals surface area contributed by atoms with Crippen LogP contribution in [0.15, 0.2) is 30.6 Å². The molecule has 0 spiro atoms. The first-order valence-corrected chi connectivity index (χ1v) is 9.71. The van der Waals surface area contributed by atoms with Crippen LogP contribution >= 0.6 is 0 Å². The Kier molecular flexibility index (Phi) is 5.27. The van der Waals surface area contributed by atoms with Gasteiger partial charge in [-0.3, -0.25) is 0 Å². The summed E-state index contributed by atoms with van der Waals surface area (Å²) in [6.07, 6.45) is 9.50. The molecule has 26 heavy (non-hydrogen) atoms. The van der Waals surface area contributed by atoms with Crippen LogP contribution in [0.5, 0.6) is 5.75 Å². The number of aromatic nitrogens is 2. The summed E-state index contributed by atoms with van der Waals surface area (Å²) in [6.45, 7) is 1.72. The summed E-state index contributed by atoms with van der Waals surface area (Å²) in [5.41, 5.74) is 2.88. The molecule has 140 valence electrons. The summed E-state index contributed by atoms with van der Waals surface area (Å²) in [5.74, 6) is 2.68. The monoisotopic (exact) mass is 355 g/mol. The summed E-state index contributed by atoms with van der Waals surface area (Å²) < 4.78 is 13.2. The van der Waals surface area contributed by atoms with Gasteiger partial charge in [0.15, 0.2) is 0 Å². The van der Waals surface area contributed by atoms with E-state index in [1.165, 1.54) is 17.5 Å². The molecule has 2 atom stereocenters. The minimum absolute atomic E-state index is 0.288. The van der Waals surface area contributed by atoms with Gasteiger partial charge in [0.1, 0.15) is 11.6 Å². The Morgan fingerprint density at radius 1 is 1.23 bits per heavy atom. The third kappa shape index (κ3) is 3.64. The molecule has 0 radical (unpaired) electrons. The summed E-state index contributed by atoms with van der Waals surface area (Å²) >= 11 is 0. The van der Waals surface area contributed by atoms with Crippen molar-refractivity contribution in [3.63, 3.8) is 0 Å². The molecule has 5 heteroatoms. The Bertz CT molecular complexity index is 737. The molecule has 0 saturated carbocycles. The van der Waals surface area contributed by atoms with E-state index in [1.807, 2.05) is 12.4 Å². The molecule has 0 bridgehead atoms. The van der Waals surface area contributed by atoms with Crippen LogP contribution in [0.2, 0.25) is 0 Å². The summed E-state index contributed by atoms with van der Waals surface area (Å²) in [5, 5.41) is 3.97. The van der Waals surface area contributed by atoms with E-state index >= 15 is 0 Å². The number of methoxy groups -OCH3 is 1. The van der Waals surface area contributed by atoms with Crippen LogP contribution in [-0.4, -0.2) is 35.9 Å². The van der Waals surface area contributed by atoms with Gasteiger partial charge in [0.05, 0.1) is 13.2 Å². The van der Waals surface area contributed by atoms with Crippen LogP contribution in [0.25, 0.3) is 0 Å². The zero-order valence-corrected chi connectivity index (χ0v) is 15.8. The van der Waals surface area contributed by atoms with Crippen LogP contribution in [0.1, 0.15) is 42.3 Å². The Morgan fingerprint density at radius 2 is 2.08 bits per heavy atom. The fourth-order valence-electron chi connectivity index (χ4n) is 4.40. The molecule has 5 nitrogen and oxygen atoms in total. The molecule has 2 aromatic rings. The standard InChI is InChI=1S/C21H29N3O2/c1-24-10-9-22-21(24)20(16-7-11-26-12-8-16)23-18-5-3-15-4-6-19(25-2)14-17(15)13-18/h4,6,9-10,14,16,18,20,23H,3,5,7-8,11-13H2,1-2H3. The minimum Gasteiger partial charge on any atom is -0.497 e. The number of hydrogen-bond acceptors (Lipinski definition) is 4. The average Bonchev–Trinajstić information content (AvgIpc) is 3.11. The van der Waals surface area contributed by atoms with E-state index in [-0.39, 0.29) is 6.04 Å². The number of hydrogen-bond donors (Lipinski definition) is 1. The molecule has 2 unspecified atom stereocenters. The van der Waals surface area contributed by atoms with Crippen LogP contribution in [0.4, 0.5) is 0 Å². The van der Waals surface area contributed by atoms with E-state index in [2.05, 4.69) is 40.1 Å². The molecular weight excluding hydrogens is 326 g/mol. The predicted molar refractivity (Wildman–Crippen MR) is 101 cm³/mol. The second-order valence-corrected chi connectivity index (χ2v) is 7.56. The Labute approximate surface area is 155 Å². The van der Waals surface area contributed by atoms with Gasteiger partial charge in [-0.15, -0.1) is 0 Å². The van der Waals surface area contributed by atoms with Crippen LogP contribution in [0.3, 0.4) is 0 Å². The summed E-state index contributed by atoms with van der Waals surface area (Å²) in [4.78, 5) is 4.67. The van der Waals surface area contributed by atoms with Crippen LogP contribution < -0.4 is 10.1 Å². The van der Waals surface area contributed by atoms with Crippen LogP contribution in [0, 0.1) is 5.92 Å². The Balaban J connectivity index is 1.53. The number of nitrogens with zero attached hydrogens (tertiary/aromatic N) is 2. The van der Waals surface area contributed by atoms with Crippen molar-refractivity contribution >= 4 is 0 Å². The van der Waals surface area contributed by atoms with Crippen molar-refractivity contribution in [3.05, 3.63) is 47.5 Å². The molecule has 1 aliphatic heterocycles. The third-order valence-corrected chi connectivity index (χ3v) is 5.93. The van der Waals surface area contributed by atoms with Gasteiger partial charge in [0.25, 0.3) is 0 Å². The van der Waals surface area contributed by atoms with E-state index < -0.39 is 0 Å². The summed E-state index contributed by atoms with van der Waals surface area (Å²) in [6, 6.07) is 7.26. The lowest BCUT2D eigenvalue weighted by molar-refractivity contribution is 0.0498. The highest BCUT2D eigenvalue weighted by atomic mass is 16.5. The molecular formula is C21H29N3O2. The van der Waals surface area contributed by atoms with Gasteiger partial charge in [-0.25, -0.2) is 4.98 Å². The summed E-state index contributed by atoms with van der Waals surface area (Å²) in [7, 11) is 3.83. The fourth-order valence-corrected chi connectivity index (χ4v) is 4.40. The molecule has 2 aliphatic rings. The van der Waals surface area contributed by atoms with E-state index in [0.29, 0.717) is 12.0 Å². The van der Waals surface area contributed by atoms with Crippen molar-refractivity contribution in [3.8, 4) is 5.75 Å². The first kappa shape index (κ1) is 17.6. The number of benzene rings is 1. The van der Waals surface area contributed by atoms with Crippen molar-refractivity contribution in [2.75, 3.05) is 20.3 Å². The van der Waals surface area contributed by atoms with E-state index in [0.717, 1.165) is 50.5 Å². The number of aryl methyl sites for hydroxylation is 2. The fraction of sp³-hybridized carbons (Fsp3) is 0.571. The Hall–Kier alpha value is -1.85. The second-order valence-electron chi connectivity index (χ2n) is 7.56. The smallest absolute Gasteiger partial charge is 0.125 e. The van der Waals surface area contributed by atoms with Crippen molar-refractivity contribution in [2.24, 2.45) is 13.0 Å². The SMILES string of the molecule is COc1ccc2c(c1)CC(NC(c1nccn1C)C1CCOCC1)CC2. The van der Waals surface area contributed by atoms with Gasteiger partial charge < -0.3 is 19.4 Å². The number of fused-ring (bicyclic) bond motifs is 1. The normalized spacial score (nSPS) is 22.0. The van der Waals surface area contributed by atoms with Gasteiger partial charge in [-0.05, 0) is 61.3 Å². The third-order valence-electron chi connectivity index (χ3n) is 5.93. The van der Waals surface area contributed by atoms with Gasteiger partial charge in [-0.1, -0.05) is 6.07 Å². The minimum atomic E-state index is 0.288. The molecule has 4 rings (SSSR count). The molecule has 1 N–H and O–H groups in total. The topological polar surface area (TPSA) is 48.3 Å². The zero-order chi connectivity index (χ0) is 17.9. The van der Waals surface area contributed by atoms with Gasteiger partial charge >= 0.3 is 0 Å². The second kappa shape index (κ2) is 7.80. The predicted octanol–water partition coefficient (Wildman–Crippen LogP) is 3.04. The van der Waals surface area contributed by atoms with E-state index in [9.17, 15) is 0 Å². The largest absolute Gasteiger partial charge is 0.497 e. The molecule has 1 saturated heterocycles. The van der Waals surface area contributed by atoms with E-state index in [4.69, 9.17) is 9.47 Å². The molecule has 1 aromatic carbocycles. The number of ether oxygens (including phenoxy) is 2. The molecule has 2 heterocycles. The Morgan fingerprint density at radius 3 is 2.81 bits per heavy atom. The molecule has 0 amide bonds. The first-order chi connectivity index (χ1) is 12.7. The highest BCUT2D eigenvalue weighted by molar-refractivity contribution is 5.38. The number of imidazole rings is 1. The maximum Gasteiger partial charge on any atom is 0.125 e. The molecule has 1 fully saturated rings. The lowest BCUT2D eigenvalue weighted by Crippen LogP contribution is -2.42. The lowest BCUT2D eigenvalue weighted by atomic mass is 9.85. The maximum absolute atomic E-state index is 5.59. The first-order valence-electron chi connectivity index (χ1n) is 9.71. The van der Waals surface area contributed by atoms with Gasteiger partial charge in [-0.2, -0.15) is 0 Å². The quantitative estimate of drug-likeness (QED) is 0.896. The zero-order valence-electron chi connectivity index (χ0n) is 15.8. The highest BCUT2D eigenvalue weighted by Gasteiger charge is 2.31. The van der Waals surface area contributed by atoms with Gasteiger partial charge in [0, 0.05) is 38.7 Å². The highest BCUT2D eigenvalue weighted by Crippen LogP contribution is 2.32. The van der Waals surface area contributed by atoms with Crippen molar-refractivity contribution in [2.45, 2.75) is 44.2 Å². The van der Waals surface area contributed by atoms with Crippen LogP contribution in [-0.2, 0) is 24.6 Å². The molecule has 1 aliphatic carbocycles. The number of rotatable bonds is 5. The molecule has 1 aromatic heterocycles. The lowest BCUT2D eigenvalue weighted by Gasteiger charge is -2.35. The van der Waals surface area contributed by atoms with Crippen molar-refractivity contribution in [1.82, 2.24) is 14.9 Å². The maximum atomic E-state index is 5.59. The van der Waals surface area contributed by atoms with Crippen molar-refractivity contribution in [1.29, 1.82) is 0 Å². The number of nitrogens with one attached hydrogen (secondary N) is 1.